The highest BCUT2D eigenvalue weighted by molar-refractivity contribution is 7.99. The quantitative estimate of drug-likeness (QED) is 0.736. The summed E-state index contributed by atoms with van der Waals surface area (Å²) in [4.78, 5) is 0. The molecule has 74 valence electrons. The number of hydrogen-bond donors (Lipinski definition) is 1. The summed E-state index contributed by atoms with van der Waals surface area (Å²) in [7, 11) is 0. The van der Waals surface area contributed by atoms with Gasteiger partial charge in [0.1, 0.15) is 0 Å². The van der Waals surface area contributed by atoms with Crippen molar-refractivity contribution in [1.29, 1.82) is 0 Å². The van der Waals surface area contributed by atoms with Crippen molar-refractivity contribution in [3.63, 3.8) is 0 Å². The van der Waals surface area contributed by atoms with E-state index in [0.29, 0.717) is 0 Å². The molecule has 0 aromatic carbocycles. The molecule has 0 radical (unpaired) electrons. The average Bonchev–Trinajstić information content (AvgIpc) is 2.53. The molecule has 1 aromatic rings. The van der Waals surface area contributed by atoms with E-state index < -0.39 is 0 Å². The summed E-state index contributed by atoms with van der Waals surface area (Å²) in [5.74, 6) is 2.38. The molecule has 0 saturated carbocycles. The van der Waals surface area contributed by atoms with Gasteiger partial charge in [-0.15, -0.1) is 0 Å². The molecule has 0 fully saturated rings. The fraction of sp³-hybridized carbons (Fsp3) is 0.600. The molecule has 3 heteroatoms. The fourth-order valence-electron chi connectivity index (χ4n) is 1.18. The molecule has 0 amide bonds. The molecule has 0 bridgehead atoms. The van der Waals surface area contributed by atoms with Crippen molar-refractivity contribution in [1.82, 2.24) is 4.57 Å². The van der Waals surface area contributed by atoms with E-state index in [4.69, 9.17) is 5.73 Å². The number of nitrogens with zero attached hydrogens (tertiary/aromatic N) is 1. The summed E-state index contributed by atoms with van der Waals surface area (Å²) in [6.07, 6.45) is 4.25. The van der Waals surface area contributed by atoms with Crippen LogP contribution in [0.3, 0.4) is 0 Å². The van der Waals surface area contributed by atoms with Crippen molar-refractivity contribution in [3.8, 4) is 0 Å². The Labute approximate surface area is 84.5 Å². The number of nitrogens with two attached hydrogens (primary N) is 1. The van der Waals surface area contributed by atoms with E-state index in [1.807, 2.05) is 18.7 Å². The second kappa shape index (κ2) is 5.35. The zero-order valence-corrected chi connectivity index (χ0v) is 9.18. The maximum Gasteiger partial charge on any atom is 0.0310 e. The highest BCUT2D eigenvalue weighted by Gasteiger charge is 2.00. The van der Waals surface area contributed by atoms with Crippen molar-refractivity contribution in [2.24, 2.45) is 5.73 Å². The monoisotopic (exact) mass is 198 g/mol. The van der Waals surface area contributed by atoms with Crippen LogP contribution in [-0.2, 0) is 6.54 Å². The van der Waals surface area contributed by atoms with Crippen LogP contribution in [0.2, 0.25) is 0 Å². The minimum Gasteiger partial charge on any atom is -0.353 e. The van der Waals surface area contributed by atoms with E-state index in [1.165, 1.54) is 17.1 Å². The van der Waals surface area contributed by atoms with Crippen molar-refractivity contribution >= 4 is 11.8 Å². The Hall–Kier alpha value is -0.410. The van der Waals surface area contributed by atoms with Gasteiger partial charge in [0.05, 0.1) is 0 Å². The normalized spacial score (nSPS) is 13.2. The van der Waals surface area contributed by atoms with E-state index in [9.17, 15) is 0 Å². The van der Waals surface area contributed by atoms with Crippen LogP contribution in [0.1, 0.15) is 25.5 Å². The summed E-state index contributed by atoms with van der Waals surface area (Å²) in [5, 5.41) is 0. The van der Waals surface area contributed by atoms with Crippen LogP contribution in [0.15, 0.2) is 18.5 Å². The third-order valence-corrected chi connectivity index (χ3v) is 2.88. The largest absolute Gasteiger partial charge is 0.353 e. The third-order valence-electron chi connectivity index (χ3n) is 2.00. The zero-order valence-electron chi connectivity index (χ0n) is 8.36. The molecule has 0 spiro atoms. The average molecular weight is 198 g/mol. The summed E-state index contributed by atoms with van der Waals surface area (Å²) in [6, 6.07) is 2.25. The van der Waals surface area contributed by atoms with E-state index in [0.717, 1.165) is 6.54 Å². The lowest BCUT2D eigenvalue weighted by molar-refractivity contribution is 0.759. The summed E-state index contributed by atoms with van der Waals surface area (Å²) in [6.45, 7) is 5.29. The first-order chi connectivity index (χ1) is 6.24. The molecule has 0 aliphatic rings. The standard InChI is InChI=1S/C10H18N2S/c1-3-13-7-6-12-5-4-10(8-12)9(2)11/h4-5,8-9H,3,6-7,11H2,1-2H3. The van der Waals surface area contributed by atoms with Crippen molar-refractivity contribution in [2.75, 3.05) is 11.5 Å². The molecule has 1 rings (SSSR count). The van der Waals surface area contributed by atoms with Crippen LogP contribution in [0, 0.1) is 0 Å². The molecule has 13 heavy (non-hydrogen) atoms. The first-order valence-electron chi connectivity index (χ1n) is 4.73. The van der Waals surface area contributed by atoms with Gasteiger partial charge in [-0.2, -0.15) is 11.8 Å². The van der Waals surface area contributed by atoms with E-state index in [2.05, 4.69) is 30.0 Å². The summed E-state index contributed by atoms with van der Waals surface area (Å²) >= 11 is 1.97. The van der Waals surface area contributed by atoms with Gasteiger partial charge in [0.15, 0.2) is 0 Å². The van der Waals surface area contributed by atoms with Crippen LogP contribution < -0.4 is 5.73 Å². The first-order valence-corrected chi connectivity index (χ1v) is 5.88. The van der Waals surface area contributed by atoms with Gasteiger partial charge in [-0.3, -0.25) is 0 Å². The van der Waals surface area contributed by atoms with Crippen LogP contribution in [0.25, 0.3) is 0 Å². The maximum atomic E-state index is 5.76. The lowest BCUT2D eigenvalue weighted by Crippen LogP contribution is -2.04. The highest BCUT2D eigenvalue weighted by Crippen LogP contribution is 2.10. The van der Waals surface area contributed by atoms with Gasteiger partial charge in [0, 0.05) is 30.7 Å². The Morgan fingerprint density at radius 2 is 2.38 bits per heavy atom. The molecular formula is C10H18N2S. The first kappa shape index (κ1) is 10.7. The zero-order chi connectivity index (χ0) is 9.68. The lowest BCUT2D eigenvalue weighted by atomic mass is 10.2. The Morgan fingerprint density at radius 3 is 2.92 bits per heavy atom. The van der Waals surface area contributed by atoms with E-state index >= 15 is 0 Å². The molecule has 0 saturated heterocycles. The van der Waals surface area contributed by atoms with Gasteiger partial charge >= 0.3 is 0 Å². The van der Waals surface area contributed by atoms with Crippen molar-refractivity contribution in [3.05, 3.63) is 24.0 Å². The lowest BCUT2D eigenvalue weighted by Gasteiger charge is -2.02. The van der Waals surface area contributed by atoms with E-state index in [1.54, 1.807) is 0 Å². The second-order valence-corrected chi connectivity index (χ2v) is 4.56. The van der Waals surface area contributed by atoms with Crippen molar-refractivity contribution in [2.45, 2.75) is 26.4 Å². The van der Waals surface area contributed by atoms with Gasteiger partial charge < -0.3 is 10.3 Å². The Bertz CT molecular complexity index is 243. The number of aryl methyl sites for hydroxylation is 1. The van der Waals surface area contributed by atoms with Gasteiger partial charge in [0.2, 0.25) is 0 Å². The van der Waals surface area contributed by atoms with Crippen LogP contribution >= 0.6 is 11.8 Å². The summed E-state index contributed by atoms with van der Waals surface area (Å²) in [5.41, 5.74) is 6.99. The van der Waals surface area contributed by atoms with Gasteiger partial charge in [-0.1, -0.05) is 6.92 Å². The van der Waals surface area contributed by atoms with Crippen molar-refractivity contribution < 1.29 is 0 Å². The minimum absolute atomic E-state index is 0.153. The topological polar surface area (TPSA) is 30.9 Å². The predicted molar refractivity (Wildman–Crippen MR) is 60.0 cm³/mol. The molecule has 1 atom stereocenters. The van der Waals surface area contributed by atoms with Gasteiger partial charge in [0.25, 0.3) is 0 Å². The molecule has 0 aliphatic carbocycles. The highest BCUT2D eigenvalue weighted by atomic mass is 32.2. The molecule has 1 heterocycles. The molecular weight excluding hydrogens is 180 g/mol. The van der Waals surface area contributed by atoms with Gasteiger partial charge in [-0.25, -0.2) is 0 Å². The molecule has 2 nitrogen and oxygen atoms in total. The molecule has 1 aromatic heterocycles. The number of rotatable bonds is 5. The third kappa shape index (κ3) is 3.44. The Balaban J connectivity index is 2.40. The van der Waals surface area contributed by atoms with Crippen LogP contribution in [0.5, 0.6) is 0 Å². The Morgan fingerprint density at radius 1 is 1.62 bits per heavy atom. The number of thioether (sulfide) groups is 1. The number of hydrogen-bond acceptors (Lipinski definition) is 2. The number of aromatic nitrogens is 1. The Kier molecular flexibility index (Phi) is 4.39. The predicted octanol–water partition coefficient (Wildman–Crippen LogP) is 2.26. The SMILES string of the molecule is CCSCCn1ccc(C(C)N)c1. The smallest absolute Gasteiger partial charge is 0.0310 e. The maximum absolute atomic E-state index is 5.76. The fourth-order valence-corrected chi connectivity index (χ4v) is 1.81. The molecule has 0 aliphatic heterocycles. The minimum atomic E-state index is 0.153. The second-order valence-electron chi connectivity index (χ2n) is 3.17. The van der Waals surface area contributed by atoms with Crippen LogP contribution in [0.4, 0.5) is 0 Å². The molecule has 1 unspecified atom stereocenters. The van der Waals surface area contributed by atoms with Gasteiger partial charge in [-0.05, 0) is 24.3 Å². The molecule has 2 N–H and O–H groups in total. The van der Waals surface area contributed by atoms with E-state index in [-0.39, 0.29) is 6.04 Å². The summed E-state index contributed by atoms with van der Waals surface area (Å²) < 4.78 is 2.21. The van der Waals surface area contributed by atoms with Crippen LogP contribution in [-0.4, -0.2) is 16.1 Å².